The Labute approximate surface area is 85.9 Å². The summed E-state index contributed by atoms with van der Waals surface area (Å²) in [5, 5.41) is 0. The highest BCUT2D eigenvalue weighted by Gasteiger charge is 2.33. The number of alkyl halides is 3. The van der Waals surface area contributed by atoms with Gasteiger partial charge in [0.2, 0.25) is 0 Å². The fourth-order valence-corrected chi connectivity index (χ4v) is 0.858. The first kappa shape index (κ1) is 12.0. The normalized spacial score (nSPS) is 15.5. The van der Waals surface area contributed by atoms with Gasteiger partial charge in [-0.25, -0.2) is 4.39 Å². The molecule has 0 bridgehead atoms. The zero-order valence-corrected chi connectivity index (χ0v) is 8.31. The minimum absolute atomic E-state index is 0.704. The van der Waals surface area contributed by atoms with Crippen LogP contribution in [-0.4, -0.2) is 0 Å². The number of hydrogen-bond donors (Lipinski definition) is 0. The standard InChI is InChI=1S/C7H4F4.C4H8/c8-6-4-2-1-3-5(6)7(9,10)11;1-4-2-3-4/h1-4H;4H,2-3H2,1H3. The van der Waals surface area contributed by atoms with Crippen LogP contribution < -0.4 is 0 Å². The average molecular weight is 220 g/mol. The molecule has 0 atom stereocenters. The van der Waals surface area contributed by atoms with E-state index in [9.17, 15) is 17.6 Å². The molecule has 0 unspecified atom stereocenters. The molecule has 1 aromatic carbocycles. The summed E-state index contributed by atoms with van der Waals surface area (Å²) in [6.45, 7) is 2.28. The first-order valence-electron chi connectivity index (χ1n) is 4.73. The lowest BCUT2D eigenvalue weighted by Gasteiger charge is -2.05. The molecule has 1 aliphatic rings. The quantitative estimate of drug-likeness (QED) is 0.573. The number of halogens is 4. The maximum atomic E-state index is 12.4. The second-order valence-electron chi connectivity index (χ2n) is 3.66. The molecule has 0 spiro atoms. The van der Waals surface area contributed by atoms with E-state index in [0.29, 0.717) is 6.07 Å². The lowest BCUT2D eigenvalue weighted by Crippen LogP contribution is -2.07. The Hall–Kier alpha value is -1.06. The topological polar surface area (TPSA) is 0 Å². The molecule has 0 N–H and O–H groups in total. The van der Waals surface area contributed by atoms with Crippen molar-refractivity contribution in [3.8, 4) is 0 Å². The number of benzene rings is 1. The van der Waals surface area contributed by atoms with Gasteiger partial charge in [0.15, 0.2) is 0 Å². The van der Waals surface area contributed by atoms with E-state index < -0.39 is 17.6 Å². The van der Waals surface area contributed by atoms with Gasteiger partial charge in [-0.1, -0.05) is 31.9 Å². The third-order valence-electron chi connectivity index (χ3n) is 2.05. The smallest absolute Gasteiger partial charge is 0.206 e. The Morgan fingerprint density at radius 3 is 1.87 bits per heavy atom. The monoisotopic (exact) mass is 220 g/mol. The van der Waals surface area contributed by atoms with Crippen molar-refractivity contribution in [1.82, 2.24) is 0 Å². The van der Waals surface area contributed by atoms with Crippen LogP contribution in [0.1, 0.15) is 25.3 Å². The van der Waals surface area contributed by atoms with E-state index in [1.165, 1.54) is 18.9 Å². The molecule has 4 heteroatoms. The predicted octanol–water partition coefficient (Wildman–Crippen LogP) is 4.26. The summed E-state index contributed by atoms with van der Waals surface area (Å²) in [6, 6.07) is 3.84. The summed E-state index contributed by atoms with van der Waals surface area (Å²) in [7, 11) is 0. The molecule has 15 heavy (non-hydrogen) atoms. The highest BCUT2D eigenvalue weighted by atomic mass is 19.4. The van der Waals surface area contributed by atoms with Crippen molar-refractivity contribution < 1.29 is 17.6 Å². The van der Waals surface area contributed by atoms with Gasteiger partial charge in [0.1, 0.15) is 5.82 Å². The summed E-state index contributed by atoms with van der Waals surface area (Å²) in [5.74, 6) is -0.153. The van der Waals surface area contributed by atoms with Crippen molar-refractivity contribution in [3.63, 3.8) is 0 Å². The maximum absolute atomic E-state index is 12.4. The summed E-state index contributed by atoms with van der Waals surface area (Å²) >= 11 is 0. The van der Waals surface area contributed by atoms with Crippen LogP contribution in [0.5, 0.6) is 0 Å². The van der Waals surface area contributed by atoms with E-state index in [1.54, 1.807) is 0 Å². The Kier molecular flexibility index (Phi) is 3.72. The third kappa shape index (κ3) is 4.32. The van der Waals surface area contributed by atoms with E-state index in [-0.39, 0.29) is 0 Å². The van der Waals surface area contributed by atoms with E-state index in [1.807, 2.05) is 0 Å². The van der Waals surface area contributed by atoms with Gasteiger partial charge in [0, 0.05) is 0 Å². The lowest BCUT2D eigenvalue weighted by molar-refractivity contribution is -0.140. The van der Waals surface area contributed by atoms with Crippen LogP contribution in [0.4, 0.5) is 17.6 Å². The highest BCUT2D eigenvalue weighted by molar-refractivity contribution is 5.19. The molecule has 0 aliphatic heterocycles. The van der Waals surface area contributed by atoms with Gasteiger partial charge < -0.3 is 0 Å². The van der Waals surface area contributed by atoms with Gasteiger partial charge in [0.05, 0.1) is 5.56 Å². The van der Waals surface area contributed by atoms with E-state index in [4.69, 9.17) is 0 Å². The molecule has 0 heterocycles. The van der Waals surface area contributed by atoms with Crippen LogP contribution in [0.2, 0.25) is 0 Å². The first-order chi connectivity index (χ1) is 6.91. The third-order valence-corrected chi connectivity index (χ3v) is 2.05. The minimum atomic E-state index is -4.59. The lowest BCUT2D eigenvalue weighted by atomic mass is 10.2. The number of hydrogen-bond acceptors (Lipinski definition) is 0. The van der Waals surface area contributed by atoms with Crippen molar-refractivity contribution in [3.05, 3.63) is 35.6 Å². The molecule has 0 aromatic heterocycles. The van der Waals surface area contributed by atoms with Crippen molar-refractivity contribution in [2.75, 3.05) is 0 Å². The van der Waals surface area contributed by atoms with Crippen molar-refractivity contribution >= 4 is 0 Å². The van der Waals surface area contributed by atoms with Crippen molar-refractivity contribution in [1.29, 1.82) is 0 Å². The molecule has 2 rings (SSSR count). The maximum Gasteiger partial charge on any atom is 0.419 e. The molecule has 84 valence electrons. The van der Waals surface area contributed by atoms with Crippen LogP contribution >= 0.6 is 0 Å². The molecule has 0 amide bonds. The molecule has 1 saturated carbocycles. The first-order valence-corrected chi connectivity index (χ1v) is 4.73. The van der Waals surface area contributed by atoms with Gasteiger partial charge >= 0.3 is 6.18 Å². The van der Waals surface area contributed by atoms with Crippen molar-refractivity contribution in [2.24, 2.45) is 5.92 Å². The zero-order valence-electron chi connectivity index (χ0n) is 8.31. The summed E-state index contributed by atoms with van der Waals surface area (Å²) < 4.78 is 47.8. The van der Waals surface area contributed by atoms with Crippen LogP contribution in [-0.2, 0) is 6.18 Å². The van der Waals surface area contributed by atoms with Gasteiger partial charge in [-0.3, -0.25) is 0 Å². The summed E-state index contributed by atoms with van der Waals surface area (Å²) in [4.78, 5) is 0. The van der Waals surface area contributed by atoms with E-state index >= 15 is 0 Å². The molecular weight excluding hydrogens is 208 g/mol. The van der Waals surface area contributed by atoms with Crippen molar-refractivity contribution in [2.45, 2.75) is 25.9 Å². The zero-order chi connectivity index (χ0) is 11.5. The molecule has 1 aromatic rings. The molecule has 0 saturated heterocycles. The van der Waals surface area contributed by atoms with Gasteiger partial charge in [-0.15, -0.1) is 0 Å². The fourth-order valence-electron chi connectivity index (χ4n) is 0.858. The predicted molar refractivity (Wildman–Crippen MR) is 49.8 cm³/mol. The van der Waals surface area contributed by atoms with E-state index in [0.717, 1.165) is 18.1 Å². The largest absolute Gasteiger partial charge is 0.419 e. The van der Waals surface area contributed by atoms with Gasteiger partial charge in [0.25, 0.3) is 0 Å². The Bertz CT molecular complexity index is 313. The van der Waals surface area contributed by atoms with Crippen LogP contribution in [0.25, 0.3) is 0 Å². The molecule has 1 fully saturated rings. The molecular formula is C11H12F4. The van der Waals surface area contributed by atoms with Crippen LogP contribution in [0, 0.1) is 11.7 Å². The Balaban J connectivity index is 0.000000234. The fraction of sp³-hybridized carbons (Fsp3) is 0.455. The molecule has 0 nitrogen and oxygen atoms in total. The second-order valence-corrected chi connectivity index (χ2v) is 3.66. The summed E-state index contributed by atoms with van der Waals surface area (Å²) in [5.41, 5.74) is -1.22. The highest BCUT2D eigenvalue weighted by Crippen LogP contribution is 2.30. The molecule has 0 radical (unpaired) electrons. The number of rotatable bonds is 0. The minimum Gasteiger partial charge on any atom is -0.206 e. The Morgan fingerprint density at radius 2 is 1.60 bits per heavy atom. The van der Waals surface area contributed by atoms with Crippen LogP contribution in [0.15, 0.2) is 24.3 Å². The summed E-state index contributed by atoms with van der Waals surface area (Å²) in [6.07, 6.45) is -1.62. The average Bonchev–Trinajstić information content (AvgIpc) is 2.87. The Morgan fingerprint density at radius 1 is 1.13 bits per heavy atom. The SMILES string of the molecule is CC1CC1.Fc1ccccc1C(F)(F)F. The van der Waals surface area contributed by atoms with Gasteiger partial charge in [-0.05, 0) is 18.1 Å². The van der Waals surface area contributed by atoms with Crippen LogP contribution in [0.3, 0.4) is 0 Å². The second kappa shape index (κ2) is 4.64. The van der Waals surface area contributed by atoms with E-state index in [2.05, 4.69) is 6.92 Å². The van der Waals surface area contributed by atoms with Gasteiger partial charge in [-0.2, -0.15) is 13.2 Å². The molecule has 1 aliphatic carbocycles.